The highest BCUT2D eigenvalue weighted by molar-refractivity contribution is 7.89. The van der Waals surface area contributed by atoms with Crippen LogP contribution in [0.25, 0.3) is 21.9 Å². The molecule has 2 atom stereocenters. The van der Waals surface area contributed by atoms with Gasteiger partial charge in [-0.15, -0.1) is 0 Å². The van der Waals surface area contributed by atoms with Gasteiger partial charge in [-0.05, 0) is 65.6 Å². The van der Waals surface area contributed by atoms with Gasteiger partial charge in [0.05, 0.1) is 4.90 Å². The van der Waals surface area contributed by atoms with Gasteiger partial charge in [-0.2, -0.15) is 4.31 Å². The molecule has 2 aromatic carbocycles. The molecule has 2 unspecified atom stereocenters. The number of hydrogen-bond acceptors (Lipinski definition) is 6. The summed E-state index contributed by atoms with van der Waals surface area (Å²) in [4.78, 5) is 28.0. The highest BCUT2D eigenvalue weighted by Gasteiger charge is 2.46. The van der Waals surface area contributed by atoms with Gasteiger partial charge in [-0.3, -0.25) is 9.78 Å². The van der Waals surface area contributed by atoms with Crippen molar-refractivity contribution < 1.29 is 13.2 Å². The normalized spacial score (nSPS) is 20.1. The fourth-order valence-electron chi connectivity index (χ4n) is 5.14. The number of rotatable bonds is 4. The average Bonchev–Trinajstić information content (AvgIpc) is 3.16. The summed E-state index contributed by atoms with van der Waals surface area (Å²) >= 11 is 6.06. The lowest BCUT2D eigenvalue weighted by Gasteiger charge is -2.40. The predicted octanol–water partition coefficient (Wildman–Crippen LogP) is 4.02. The third-order valence-electron chi connectivity index (χ3n) is 6.95. The average molecular weight is 520 g/mol. The van der Waals surface area contributed by atoms with Crippen molar-refractivity contribution in [1.29, 1.82) is 0 Å². The molecule has 0 aliphatic carbocycles. The van der Waals surface area contributed by atoms with Crippen LogP contribution < -0.4 is 0 Å². The first-order valence-electron chi connectivity index (χ1n) is 11.6. The molecule has 0 radical (unpaired) electrons. The molecule has 4 heterocycles. The molecule has 0 saturated carbocycles. The van der Waals surface area contributed by atoms with Crippen LogP contribution in [0.3, 0.4) is 0 Å². The Morgan fingerprint density at radius 1 is 0.861 bits per heavy atom. The Bertz CT molecular complexity index is 1550. The molecular weight excluding hydrogens is 498 g/mol. The lowest BCUT2D eigenvalue weighted by molar-refractivity contribution is 0.0529. The number of benzene rings is 2. The fourth-order valence-corrected chi connectivity index (χ4v) is 6.87. The standard InChI is InChI=1S/C26H22ClN5O3S/c27-21-3-1-19-12-24(6-2-18(19)11-21)36(34,35)31-15-22-4-5-23(16-31)32(22)26(33)25-29-13-20(14-30-25)17-7-9-28-10-8-17/h1-3,6-14,22-23H,4-5,15-16H2. The molecule has 6 rings (SSSR count). The summed E-state index contributed by atoms with van der Waals surface area (Å²) in [6.07, 6.45) is 8.12. The Kier molecular flexibility index (Phi) is 5.70. The third kappa shape index (κ3) is 4.03. The molecule has 0 N–H and O–H groups in total. The number of carbonyl (C=O) groups excluding carboxylic acids is 1. The van der Waals surface area contributed by atoms with Crippen LogP contribution >= 0.6 is 11.6 Å². The zero-order valence-corrected chi connectivity index (χ0v) is 20.7. The molecule has 2 aliphatic heterocycles. The highest BCUT2D eigenvalue weighted by Crippen LogP contribution is 2.34. The third-order valence-corrected chi connectivity index (χ3v) is 9.01. The molecule has 4 aromatic rings. The molecule has 0 spiro atoms. The first-order chi connectivity index (χ1) is 17.4. The molecule has 2 aromatic heterocycles. The number of halogens is 1. The number of aromatic nitrogens is 3. The quantitative estimate of drug-likeness (QED) is 0.404. The Hall–Kier alpha value is -3.40. The molecule has 2 aliphatic rings. The Morgan fingerprint density at radius 2 is 1.50 bits per heavy atom. The van der Waals surface area contributed by atoms with Crippen molar-refractivity contribution in [2.24, 2.45) is 0 Å². The molecule has 10 heteroatoms. The van der Waals surface area contributed by atoms with Crippen molar-refractivity contribution in [3.8, 4) is 11.1 Å². The summed E-state index contributed by atoms with van der Waals surface area (Å²) in [5.74, 6) is -0.141. The maximum atomic E-state index is 13.5. The Balaban J connectivity index is 1.21. The van der Waals surface area contributed by atoms with Gasteiger partial charge < -0.3 is 4.90 Å². The summed E-state index contributed by atoms with van der Waals surface area (Å²) < 4.78 is 28.5. The van der Waals surface area contributed by atoms with E-state index >= 15 is 0 Å². The van der Waals surface area contributed by atoms with Gasteiger partial charge >= 0.3 is 0 Å². The molecule has 8 nitrogen and oxygen atoms in total. The first-order valence-corrected chi connectivity index (χ1v) is 13.5. The summed E-state index contributed by atoms with van der Waals surface area (Å²) in [6.45, 7) is 0.497. The van der Waals surface area contributed by atoms with Crippen molar-refractivity contribution >= 4 is 38.3 Å². The van der Waals surface area contributed by atoms with Crippen LogP contribution in [0.4, 0.5) is 0 Å². The van der Waals surface area contributed by atoms with E-state index < -0.39 is 10.0 Å². The lowest BCUT2D eigenvalue weighted by Crippen LogP contribution is -2.57. The van der Waals surface area contributed by atoms with E-state index in [1.54, 1.807) is 54.0 Å². The van der Waals surface area contributed by atoms with Crippen molar-refractivity contribution in [2.75, 3.05) is 13.1 Å². The summed E-state index contributed by atoms with van der Waals surface area (Å²) in [7, 11) is -3.71. The van der Waals surface area contributed by atoms with E-state index in [-0.39, 0.29) is 41.8 Å². The molecule has 36 heavy (non-hydrogen) atoms. The van der Waals surface area contributed by atoms with E-state index in [1.807, 2.05) is 24.3 Å². The number of sulfonamides is 1. The molecule has 2 bridgehead atoms. The van der Waals surface area contributed by atoms with E-state index in [2.05, 4.69) is 15.0 Å². The number of pyridine rings is 1. The second kappa shape index (κ2) is 8.92. The number of piperazine rings is 1. The molecule has 182 valence electrons. The number of carbonyl (C=O) groups is 1. The van der Waals surface area contributed by atoms with Gasteiger partial charge in [0.2, 0.25) is 15.8 Å². The largest absolute Gasteiger partial charge is 0.327 e. The van der Waals surface area contributed by atoms with Crippen molar-refractivity contribution in [2.45, 2.75) is 29.8 Å². The maximum Gasteiger partial charge on any atom is 0.292 e. The zero-order chi connectivity index (χ0) is 24.9. The van der Waals surface area contributed by atoms with Gasteiger partial charge in [0.25, 0.3) is 5.91 Å². The van der Waals surface area contributed by atoms with Crippen molar-refractivity contribution in [3.63, 3.8) is 0 Å². The monoisotopic (exact) mass is 519 g/mol. The van der Waals surface area contributed by atoms with E-state index in [9.17, 15) is 13.2 Å². The summed E-state index contributed by atoms with van der Waals surface area (Å²) in [5, 5.41) is 2.29. The van der Waals surface area contributed by atoms with E-state index in [4.69, 9.17) is 11.6 Å². The van der Waals surface area contributed by atoms with Crippen LogP contribution in [0, 0.1) is 0 Å². The van der Waals surface area contributed by atoms with E-state index in [1.165, 1.54) is 4.31 Å². The van der Waals surface area contributed by atoms with Crippen molar-refractivity contribution in [1.82, 2.24) is 24.2 Å². The minimum Gasteiger partial charge on any atom is -0.327 e. The molecular formula is C26H22ClN5O3S. The van der Waals surface area contributed by atoms with Crippen LogP contribution in [-0.4, -0.2) is 63.7 Å². The van der Waals surface area contributed by atoms with Crippen LogP contribution in [0.5, 0.6) is 0 Å². The molecule has 2 saturated heterocycles. The van der Waals surface area contributed by atoms with Crippen molar-refractivity contribution in [3.05, 3.63) is 84.2 Å². The molecule has 1 amide bonds. The van der Waals surface area contributed by atoms with E-state index in [0.717, 1.165) is 34.7 Å². The number of fused-ring (bicyclic) bond motifs is 3. The van der Waals surface area contributed by atoms with Crippen LogP contribution in [0.15, 0.2) is 78.2 Å². The summed E-state index contributed by atoms with van der Waals surface area (Å²) in [5.41, 5.74) is 1.71. The second-order valence-corrected chi connectivity index (χ2v) is 11.5. The fraction of sp³-hybridized carbons (Fsp3) is 0.231. The maximum absolute atomic E-state index is 13.5. The number of hydrogen-bond donors (Lipinski definition) is 0. The number of amides is 1. The van der Waals surface area contributed by atoms with Gasteiger partial charge in [-0.25, -0.2) is 18.4 Å². The van der Waals surface area contributed by atoms with Gasteiger partial charge in [0.15, 0.2) is 0 Å². The Morgan fingerprint density at radius 3 is 2.19 bits per heavy atom. The topological polar surface area (TPSA) is 96.4 Å². The minimum atomic E-state index is -3.71. The van der Waals surface area contributed by atoms with Crippen LogP contribution in [0.1, 0.15) is 23.5 Å². The second-order valence-electron chi connectivity index (χ2n) is 9.10. The lowest BCUT2D eigenvalue weighted by atomic mass is 10.1. The van der Waals surface area contributed by atoms with Crippen LogP contribution in [-0.2, 0) is 10.0 Å². The summed E-state index contributed by atoms with van der Waals surface area (Å²) in [6, 6.07) is 13.7. The highest BCUT2D eigenvalue weighted by atomic mass is 35.5. The number of nitrogens with zero attached hydrogens (tertiary/aromatic N) is 5. The molecule has 2 fully saturated rings. The predicted molar refractivity (Wildman–Crippen MR) is 136 cm³/mol. The SMILES string of the molecule is O=C(c1ncc(-c2ccncc2)cn1)N1C2CCC1CN(S(=O)(=O)c1ccc3cc(Cl)ccc3c1)C2. The zero-order valence-electron chi connectivity index (χ0n) is 19.2. The first kappa shape index (κ1) is 23.0. The Labute approximate surface area is 213 Å². The smallest absolute Gasteiger partial charge is 0.292 e. The minimum absolute atomic E-state index is 0.120. The van der Waals surface area contributed by atoms with Gasteiger partial charge in [0, 0.05) is 60.5 Å². The van der Waals surface area contributed by atoms with E-state index in [0.29, 0.717) is 5.02 Å². The van der Waals surface area contributed by atoms with Crippen LogP contribution in [0.2, 0.25) is 5.02 Å². The van der Waals surface area contributed by atoms with Gasteiger partial charge in [-0.1, -0.05) is 23.7 Å². The van der Waals surface area contributed by atoms with Gasteiger partial charge in [0.1, 0.15) is 0 Å².